The summed E-state index contributed by atoms with van der Waals surface area (Å²) < 4.78 is 1.91. The number of piperidine rings is 1. The first-order chi connectivity index (χ1) is 7.11. The molecule has 1 aromatic rings. The summed E-state index contributed by atoms with van der Waals surface area (Å²) in [5.74, 6) is 1.10. The molecule has 2 heterocycles. The van der Waals surface area contributed by atoms with Crippen molar-refractivity contribution in [2.45, 2.75) is 39.2 Å². The summed E-state index contributed by atoms with van der Waals surface area (Å²) in [7, 11) is 1.97. The van der Waals surface area contributed by atoms with Crippen LogP contribution < -0.4 is 10.6 Å². The molecular weight excluding hydrogens is 188 g/mol. The summed E-state index contributed by atoms with van der Waals surface area (Å²) in [6.07, 6.45) is 3.84. The third-order valence-electron chi connectivity index (χ3n) is 3.31. The normalized spacial score (nSPS) is 22.1. The number of hydrogen-bond donors (Lipinski definition) is 1. The molecule has 1 aliphatic rings. The molecule has 0 radical (unpaired) electrons. The summed E-state index contributed by atoms with van der Waals surface area (Å²) in [4.78, 5) is 2.39. The first-order valence-electron chi connectivity index (χ1n) is 5.67. The largest absolute Gasteiger partial charge is 0.394 e. The van der Waals surface area contributed by atoms with Gasteiger partial charge in [-0.3, -0.25) is 4.68 Å². The molecule has 1 fully saturated rings. The topological polar surface area (TPSA) is 47.1 Å². The van der Waals surface area contributed by atoms with E-state index in [0.717, 1.165) is 23.7 Å². The van der Waals surface area contributed by atoms with E-state index in [1.807, 2.05) is 18.7 Å². The number of nitrogens with two attached hydrogens (primary N) is 1. The van der Waals surface area contributed by atoms with Crippen LogP contribution in [-0.4, -0.2) is 22.4 Å². The highest BCUT2D eigenvalue weighted by Crippen LogP contribution is 2.30. The van der Waals surface area contributed by atoms with E-state index >= 15 is 0 Å². The van der Waals surface area contributed by atoms with Crippen molar-refractivity contribution in [3.05, 3.63) is 5.69 Å². The Kier molecular flexibility index (Phi) is 2.59. The van der Waals surface area contributed by atoms with Gasteiger partial charge < -0.3 is 10.6 Å². The van der Waals surface area contributed by atoms with E-state index in [1.54, 1.807) is 0 Å². The summed E-state index contributed by atoms with van der Waals surface area (Å²) in [5.41, 5.74) is 7.85. The van der Waals surface area contributed by atoms with Gasteiger partial charge in [0.05, 0.1) is 11.4 Å². The minimum absolute atomic E-state index is 0.579. The maximum Gasteiger partial charge on any atom is 0.150 e. The molecule has 1 saturated heterocycles. The van der Waals surface area contributed by atoms with Crippen molar-refractivity contribution in [2.24, 2.45) is 7.05 Å². The van der Waals surface area contributed by atoms with Gasteiger partial charge in [-0.1, -0.05) is 0 Å². The van der Waals surface area contributed by atoms with Gasteiger partial charge in [-0.05, 0) is 33.1 Å². The Morgan fingerprint density at radius 1 is 1.40 bits per heavy atom. The maximum absolute atomic E-state index is 6.07. The van der Waals surface area contributed by atoms with Gasteiger partial charge >= 0.3 is 0 Å². The van der Waals surface area contributed by atoms with E-state index in [1.165, 1.54) is 19.3 Å². The second-order valence-corrected chi connectivity index (χ2v) is 4.48. The minimum atomic E-state index is 0.579. The predicted molar refractivity (Wildman–Crippen MR) is 63.0 cm³/mol. The number of nitrogens with zero attached hydrogens (tertiary/aromatic N) is 3. The zero-order chi connectivity index (χ0) is 11.0. The lowest BCUT2D eigenvalue weighted by Crippen LogP contribution is -2.39. The average molecular weight is 208 g/mol. The lowest BCUT2D eigenvalue weighted by atomic mass is 10.0. The van der Waals surface area contributed by atoms with Crippen molar-refractivity contribution in [3.8, 4) is 0 Å². The van der Waals surface area contributed by atoms with Crippen LogP contribution in [0.4, 0.5) is 11.5 Å². The highest BCUT2D eigenvalue weighted by atomic mass is 15.4. The minimum Gasteiger partial charge on any atom is -0.394 e. The smallest absolute Gasteiger partial charge is 0.150 e. The van der Waals surface area contributed by atoms with Crippen molar-refractivity contribution >= 4 is 11.5 Å². The van der Waals surface area contributed by atoms with Crippen LogP contribution in [-0.2, 0) is 7.05 Å². The molecule has 15 heavy (non-hydrogen) atoms. The summed E-state index contributed by atoms with van der Waals surface area (Å²) in [5, 5.41) is 4.37. The zero-order valence-corrected chi connectivity index (χ0v) is 9.82. The molecule has 1 aliphatic heterocycles. The van der Waals surface area contributed by atoms with Crippen LogP contribution >= 0.6 is 0 Å². The second-order valence-electron chi connectivity index (χ2n) is 4.48. The van der Waals surface area contributed by atoms with Gasteiger partial charge in [0.15, 0.2) is 5.82 Å². The molecule has 1 atom stereocenters. The number of aromatic nitrogens is 2. The molecule has 0 amide bonds. The lowest BCUT2D eigenvalue weighted by molar-refractivity contribution is 0.474. The van der Waals surface area contributed by atoms with Gasteiger partial charge in [0.1, 0.15) is 0 Å². The standard InChI is InChI=1S/C11H20N4/c1-8-6-4-5-7-15(8)11-10(12)9(2)13-14(11)3/h8H,4-7,12H2,1-3H3. The number of hydrogen-bond acceptors (Lipinski definition) is 3. The fourth-order valence-corrected chi connectivity index (χ4v) is 2.42. The van der Waals surface area contributed by atoms with Gasteiger partial charge in [0, 0.05) is 19.6 Å². The lowest BCUT2D eigenvalue weighted by Gasteiger charge is -2.35. The van der Waals surface area contributed by atoms with E-state index in [0.29, 0.717) is 6.04 Å². The summed E-state index contributed by atoms with van der Waals surface area (Å²) in [6, 6.07) is 0.579. The molecular formula is C11H20N4. The molecule has 0 aromatic carbocycles. The third-order valence-corrected chi connectivity index (χ3v) is 3.31. The Hall–Kier alpha value is -1.19. The van der Waals surface area contributed by atoms with Crippen LogP contribution in [0.15, 0.2) is 0 Å². The summed E-state index contributed by atoms with van der Waals surface area (Å²) in [6.45, 7) is 5.33. The van der Waals surface area contributed by atoms with Gasteiger partial charge in [-0.2, -0.15) is 5.10 Å². The molecule has 84 valence electrons. The Balaban J connectivity index is 2.35. The molecule has 4 heteroatoms. The summed E-state index contributed by atoms with van der Waals surface area (Å²) >= 11 is 0. The van der Waals surface area contributed by atoms with Crippen molar-refractivity contribution in [1.82, 2.24) is 9.78 Å². The Labute approximate surface area is 91.1 Å². The SMILES string of the molecule is Cc1nn(C)c(N2CCCCC2C)c1N. The second kappa shape index (κ2) is 3.76. The van der Waals surface area contributed by atoms with Gasteiger partial charge in [-0.15, -0.1) is 0 Å². The van der Waals surface area contributed by atoms with Gasteiger partial charge in [0.2, 0.25) is 0 Å². The molecule has 2 N–H and O–H groups in total. The molecule has 0 aliphatic carbocycles. The van der Waals surface area contributed by atoms with Crippen LogP contribution in [0.2, 0.25) is 0 Å². The van der Waals surface area contributed by atoms with Crippen LogP contribution in [0.3, 0.4) is 0 Å². The molecule has 0 bridgehead atoms. The van der Waals surface area contributed by atoms with E-state index in [4.69, 9.17) is 5.73 Å². The molecule has 2 rings (SSSR count). The van der Waals surface area contributed by atoms with Gasteiger partial charge in [-0.25, -0.2) is 0 Å². The highest BCUT2D eigenvalue weighted by Gasteiger charge is 2.24. The number of nitrogen functional groups attached to an aromatic ring is 1. The fourth-order valence-electron chi connectivity index (χ4n) is 2.42. The molecule has 4 nitrogen and oxygen atoms in total. The van der Waals surface area contributed by atoms with E-state index in [9.17, 15) is 0 Å². The molecule has 1 unspecified atom stereocenters. The van der Waals surface area contributed by atoms with Crippen LogP contribution in [0.5, 0.6) is 0 Å². The first-order valence-corrected chi connectivity index (χ1v) is 5.67. The molecule has 1 aromatic heterocycles. The average Bonchev–Trinajstić information content (AvgIpc) is 2.43. The van der Waals surface area contributed by atoms with E-state index < -0.39 is 0 Å². The van der Waals surface area contributed by atoms with E-state index in [2.05, 4.69) is 16.9 Å². The fraction of sp³-hybridized carbons (Fsp3) is 0.727. The van der Waals surface area contributed by atoms with E-state index in [-0.39, 0.29) is 0 Å². The quantitative estimate of drug-likeness (QED) is 0.764. The predicted octanol–water partition coefficient (Wildman–Crippen LogP) is 1.69. The van der Waals surface area contributed by atoms with Crippen molar-refractivity contribution in [2.75, 3.05) is 17.2 Å². The Morgan fingerprint density at radius 2 is 2.13 bits per heavy atom. The highest BCUT2D eigenvalue weighted by molar-refractivity contribution is 5.66. The van der Waals surface area contributed by atoms with Crippen molar-refractivity contribution in [3.63, 3.8) is 0 Å². The monoisotopic (exact) mass is 208 g/mol. The first kappa shape index (κ1) is 10.3. The van der Waals surface area contributed by atoms with Crippen LogP contribution in [0.1, 0.15) is 31.9 Å². The Morgan fingerprint density at radius 3 is 2.67 bits per heavy atom. The van der Waals surface area contributed by atoms with Crippen LogP contribution in [0.25, 0.3) is 0 Å². The van der Waals surface area contributed by atoms with Gasteiger partial charge in [0.25, 0.3) is 0 Å². The van der Waals surface area contributed by atoms with Crippen LogP contribution in [0, 0.1) is 6.92 Å². The zero-order valence-electron chi connectivity index (χ0n) is 9.82. The number of rotatable bonds is 1. The molecule has 0 spiro atoms. The number of aryl methyl sites for hydroxylation is 2. The Bertz CT molecular complexity index is 356. The maximum atomic E-state index is 6.07. The molecule has 0 saturated carbocycles. The number of anilines is 2. The van der Waals surface area contributed by atoms with Crippen molar-refractivity contribution < 1.29 is 0 Å². The third kappa shape index (κ3) is 1.68. The van der Waals surface area contributed by atoms with Crippen molar-refractivity contribution in [1.29, 1.82) is 0 Å².